The summed E-state index contributed by atoms with van der Waals surface area (Å²) >= 11 is 0. The molecule has 1 unspecified atom stereocenters. The van der Waals surface area contributed by atoms with Crippen LogP contribution in [0.4, 0.5) is 0 Å². The van der Waals surface area contributed by atoms with Gasteiger partial charge in [0.25, 0.3) is 0 Å². The topological polar surface area (TPSA) is 66.6 Å². The summed E-state index contributed by atoms with van der Waals surface area (Å²) in [6.07, 6.45) is 1.99. The second kappa shape index (κ2) is 8.67. The number of nitrogens with zero attached hydrogens (tertiary/aromatic N) is 1. The third kappa shape index (κ3) is 6.36. The van der Waals surface area contributed by atoms with Crippen LogP contribution in [0, 0.1) is 5.92 Å². The molecule has 0 aliphatic heterocycles. The molecule has 0 aliphatic rings. The fourth-order valence-electron chi connectivity index (χ4n) is 2.26. The lowest BCUT2D eigenvalue weighted by Crippen LogP contribution is -2.37. The van der Waals surface area contributed by atoms with Crippen molar-refractivity contribution in [1.29, 1.82) is 0 Å². The molecule has 0 heterocycles. The van der Waals surface area contributed by atoms with Crippen LogP contribution in [-0.4, -0.2) is 35.6 Å². The molecular formula is C15H24N2O2. The van der Waals surface area contributed by atoms with Gasteiger partial charge in [-0.05, 0) is 17.9 Å². The van der Waals surface area contributed by atoms with Crippen LogP contribution in [0.5, 0.6) is 0 Å². The number of rotatable bonds is 9. The number of amides is 1. The second-order valence-electron chi connectivity index (χ2n) is 4.96. The molecule has 0 radical (unpaired) electrons. The Labute approximate surface area is 115 Å². The third-order valence-corrected chi connectivity index (χ3v) is 3.10. The van der Waals surface area contributed by atoms with Crippen molar-refractivity contribution in [3.63, 3.8) is 0 Å². The van der Waals surface area contributed by atoms with Gasteiger partial charge < -0.3 is 10.8 Å². The number of primary amides is 1. The first kappa shape index (κ1) is 15.7. The summed E-state index contributed by atoms with van der Waals surface area (Å²) in [7, 11) is 0. The Morgan fingerprint density at radius 3 is 2.58 bits per heavy atom. The monoisotopic (exact) mass is 264 g/mol. The molecule has 4 nitrogen and oxygen atoms in total. The first-order valence-electron chi connectivity index (χ1n) is 6.81. The van der Waals surface area contributed by atoms with Gasteiger partial charge in [0.2, 0.25) is 5.91 Å². The van der Waals surface area contributed by atoms with E-state index in [9.17, 15) is 9.90 Å². The Bertz CT molecular complexity index is 368. The summed E-state index contributed by atoms with van der Waals surface area (Å²) in [5, 5.41) is 9.36. The zero-order chi connectivity index (χ0) is 14.1. The van der Waals surface area contributed by atoms with Crippen LogP contribution in [-0.2, 0) is 11.3 Å². The molecule has 3 N–H and O–H groups in total. The summed E-state index contributed by atoms with van der Waals surface area (Å²) in [6, 6.07) is 9.99. The molecule has 1 aromatic rings. The van der Waals surface area contributed by atoms with Crippen molar-refractivity contribution in [1.82, 2.24) is 4.90 Å². The van der Waals surface area contributed by atoms with E-state index in [1.165, 1.54) is 0 Å². The Balaban J connectivity index is 2.63. The first-order chi connectivity index (χ1) is 9.15. The highest BCUT2D eigenvalue weighted by Crippen LogP contribution is 2.11. The molecule has 4 heteroatoms. The van der Waals surface area contributed by atoms with Gasteiger partial charge in [-0.3, -0.25) is 9.69 Å². The van der Waals surface area contributed by atoms with Gasteiger partial charge in [-0.25, -0.2) is 0 Å². The average molecular weight is 264 g/mol. The van der Waals surface area contributed by atoms with E-state index in [4.69, 9.17) is 5.73 Å². The molecule has 0 bridgehead atoms. The number of carbonyl (C=O) groups is 1. The molecule has 106 valence electrons. The second-order valence-corrected chi connectivity index (χ2v) is 4.96. The Hall–Kier alpha value is -1.39. The number of nitrogens with two attached hydrogens (primary N) is 1. The smallest absolute Gasteiger partial charge is 0.231 e. The summed E-state index contributed by atoms with van der Waals surface area (Å²) in [6.45, 7) is 3.86. The molecular weight excluding hydrogens is 240 g/mol. The highest BCUT2D eigenvalue weighted by Gasteiger charge is 2.15. The van der Waals surface area contributed by atoms with Crippen LogP contribution < -0.4 is 5.73 Å². The predicted molar refractivity (Wildman–Crippen MR) is 76.4 cm³/mol. The minimum atomic E-state index is -0.330. The van der Waals surface area contributed by atoms with E-state index in [-0.39, 0.29) is 25.0 Å². The summed E-state index contributed by atoms with van der Waals surface area (Å²) in [4.78, 5) is 13.2. The quantitative estimate of drug-likeness (QED) is 0.708. The Kier molecular flexibility index (Phi) is 7.15. The Morgan fingerprint density at radius 2 is 2.05 bits per heavy atom. The number of hydrogen-bond acceptors (Lipinski definition) is 3. The van der Waals surface area contributed by atoms with Gasteiger partial charge in [-0.1, -0.05) is 43.7 Å². The van der Waals surface area contributed by atoms with Gasteiger partial charge >= 0.3 is 0 Å². The molecule has 1 atom stereocenters. The van der Waals surface area contributed by atoms with Crippen LogP contribution in [0.2, 0.25) is 0 Å². The van der Waals surface area contributed by atoms with Crippen molar-refractivity contribution in [3.05, 3.63) is 35.9 Å². The summed E-state index contributed by atoms with van der Waals surface area (Å²) in [5.41, 5.74) is 6.44. The van der Waals surface area contributed by atoms with E-state index >= 15 is 0 Å². The zero-order valence-corrected chi connectivity index (χ0v) is 11.6. The minimum absolute atomic E-state index is 0.151. The maximum atomic E-state index is 11.1. The van der Waals surface area contributed by atoms with E-state index in [0.717, 1.165) is 18.4 Å². The van der Waals surface area contributed by atoms with Gasteiger partial charge in [0.05, 0.1) is 6.54 Å². The van der Waals surface area contributed by atoms with Crippen molar-refractivity contribution in [2.75, 3.05) is 19.7 Å². The van der Waals surface area contributed by atoms with Crippen molar-refractivity contribution in [3.8, 4) is 0 Å². The van der Waals surface area contributed by atoms with Gasteiger partial charge in [0.15, 0.2) is 0 Å². The normalized spacial score (nSPS) is 12.6. The molecule has 0 spiro atoms. The number of aliphatic hydroxyl groups is 1. The standard InChI is InChI=1S/C15H24N2O2/c1-2-6-14(12-18)10-17(11-15(16)19)9-13-7-4-3-5-8-13/h3-5,7-8,14,18H,2,6,9-12H2,1H3,(H2,16,19). The number of benzene rings is 1. The van der Waals surface area contributed by atoms with Gasteiger partial charge in [0, 0.05) is 19.7 Å². The molecule has 0 saturated heterocycles. The summed E-state index contributed by atoms with van der Waals surface area (Å²) < 4.78 is 0. The number of carbonyl (C=O) groups excluding carboxylic acids is 1. The van der Waals surface area contributed by atoms with Gasteiger partial charge in [-0.15, -0.1) is 0 Å². The highest BCUT2D eigenvalue weighted by atomic mass is 16.3. The van der Waals surface area contributed by atoms with Crippen LogP contribution in [0.25, 0.3) is 0 Å². The van der Waals surface area contributed by atoms with Crippen molar-refractivity contribution in [2.24, 2.45) is 11.7 Å². The molecule has 0 fully saturated rings. The van der Waals surface area contributed by atoms with E-state index in [1.807, 2.05) is 35.2 Å². The van der Waals surface area contributed by atoms with Crippen molar-refractivity contribution < 1.29 is 9.90 Å². The Morgan fingerprint density at radius 1 is 1.37 bits per heavy atom. The SMILES string of the molecule is CCCC(CO)CN(CC(N)=O)Cc1ccccc1. The lowest BCUT2D eigenvalue weighted by molar-refractivity contribution is -0.119. The fourth-order valence-corrected chi connectivity index (χ4v) is 2.26. The highest BCUT2D eigenvalue weighted by molar-refractivity contribution is 5.75. The molecule has 1 rings (SSSR count). The molecule has 0 aliphatic carbocycles. The minimum Gasteiger partial charge on any atom is -0.396 e. The maximum absolute atomic E-state index is 11.1. The summed E-state index contributed by atoms with van der Waals surface area (Å²) in [5.74, 6) is -0.128. The fraction of sp³-hybridized carbons (Fsp3) is 0.533. The van der Waals surface area contributed by atoms with E-state index in [2.05, 4.69) is 6.92 Å². The van der Waals surface area contributed by atoms with Crippen LogP contribution in [0.1, 0.15) is 25.3 Å². The molecule has 1 amide bonds. The maximum Gasteiger partial charge on any atom is 0.231 e. The van der Waals surface area contributed by atoms with E-state index in [1.54, 1.807) is 0 Å². The van der Waals surface area contributed by atoms with Crippen molar-refractivity contribution >= 4 is 5.91 Å². The van der Waals surface area contributed by atoms with Gasteiger partial charge in [-0.2, -0.15) is 0 Å². The van der Waals surface area contributed by atoms with Gasteiger partial charge in [0.1, 0.15) is 0 Å². The van der Waals surface area contributed by atoms with E-state index in [0.29, 0.717) is 13.1 Å². The molecule has 0 saturated carbocycles. The van der Waals surface area contributed by atoms with Crippen LogP contribution in [0.15, 0.2) is 30.3 Å². The lowest BCUT2D eigenvalue weighted by Gasteiger charge is -2.25. The molecule has 19 heavy (non-hydrogen) atoms. The first-order valence-corrected chi connectivity index (χ1v) is 6.81. The zero-order valence-electron chi connectivity index (χ0n) is 11.6. The van der Waals surface area contributed by atoms with Crippen LogP contribution in [0.3, 0.4) is 0 Å². The lowest BCUT2D eigenvalue weighted by atomic mass is 10.0. The predicted octanol–water partition coefficient (Wildman–Crippen LogP) is 1.38. The molecule has 0 aromatic heterocycles. The van der Waals surface area contributed by atoms with E-state index < -0.39 is 0 Å². The molecule has 1 aromatic carbocycles. The largest absolute Gasteiger partial charge is 0.396 e. The number of aliphatic hydroxyl groups excluding tert-OH is 1. The van der Waals surface area contributed by atoms with Crippen LogP contribution >= 0.6 is 0 Å². The number of hydrogen-bond donors (Lipinski definition) is 2. The average Bonchev–Trinajstić information content (AvgIpc) is 2.38. The third-order valence-electron chi connectivity index (χ3n) is 3.10. The van der Waals surface area contributed by atoms with Crippen molar-refractivity contribution in [2.45, 2.75) is 26.3 Å².